The lowest BCUT2D eigenvalue weighted by Crippen LogP contribution is -2.37. The zero-order chi connectivity index (χ0) is 15.8. The van der Waals surface area contributed by atoms with Crippen molar-refractivity contribution in [1.29, 1.82) is 0 Å². The van der Waals surface area contributed by atoms with Crippen molar-refractivity contribution >= 4 is 11.8 Å². The SMILES string of the molecule is O=C(CCNC(=O)c1ccc(F)cc1)NC[C@@H]1CCCCO1. The van der Waals surface area contributed by atoms with Crippen LogP contribution >= 0.6 is 0 Å². The minimum atomic E-state index is -0.388. The standard InChI is InChI=1S/C16H21FN2O3/c17-13-6-4-12(5-7-13)16(21)18-9-8-15(20)19-11-14-3-1-2-10-22-14/h4-7,14H,1-3,8-11H2,(H,18,21)(H,19,20)/t14-/m0/s1. The Hall–Kier alpha value is -1.95. The average Bonchev–Trinajstić information content (AvgIpc) is 2.54. The Balaban J connectivity index is 1.61. The molecule has 0 aliphatic carbocycles. The summed E-state index contributed by atoms with van der Waals surface area (Å²) < 4.78 is 18.3. The monoisotopic (exact) mass is 308 g/mol. The zero-order valence-electron chi connectivity index (χ0n) is 12.4. The minimum Gasteiger partial charge on any atom is -0.376 e. The highest BCUT2D eigenvalue weighted by atomic mass is 19.1. The molecule has 22 heavy (non-hydrogen) atoms. The predicted octanol–water partition coefficient (Wildman–Crippen LogP) is 1.63. The van der Waals surface area contributed by atoms with Crippen molar-refractivity contribution in [3.63, 3.8) is 0 Å². The van der Waals surface area contributed by atoms with Gasteiger partial charge in [-0.2, -0.15) is 0 Å². The van der Waals surface area contributed by atoms with E-state index in [-0.39, 0.29) is 36.7 Å². The Bertz CT molecular complexity index is 499. The van der Waals surface area contributed by atoms with Gasteiger partial charge in [0.05, 0.1) is 6.10 Å². The highest BCUT2D eigenvalue weighted by Crippen LogP contribution is 2.11. The number of benzene rings is 1. The van der Waals surface area contributed by atoms with Crippen LogP contribution in [0, 0.1) is 5.82 Å². The summed E-state index contributed by atoms with van der Waals surface area (Å²) >= 11 is 0. The fourth-order valence-corrected chi connectivity index (χ4v) is 2.28. The van der Waals surface area contributed by atoms with Gasteiger partial charge in [-0.1, -0.05) is 0 Å². The Morgan fingerprint density at radius 1 is 1.18 bits per heavy atom. The number of amides is 2. The number of rotatable bonds is 6. The van der Waals surface area contributed by atoms with E-state index in [0.717, 1.165) is 25.9 Å². The summed E-state index contributed by atoms with van der Waals surface area (Å²) in [6.45, 7) is 1.52. The highest BCUT2D eigenvalue weighted by molar-refractivity contribution is 5.94. The molecule has 0 aromatic heterocycles. The molecule has 0 saturated carbocycles. The van der Waals surface area contributed by atoms with Crippen LogP contribution in [0.15, 0.2) is 24.3 Å². The molecule has 0 bridgehead atoms. The summed E-state index contributed by atoms with van der Waals surface area (Å²) in [6, 6.07) is 5.27. The lowest BCUT2D eigenvalue weighted by Gasteiger charge is -2.22. The molecular weight excluding hydrogens is 287 g/mol. The van der Waals surface area contributed by atoms with Crippen LogP contribution in [0.5, 0.6) is 0 Å². The topological polar surface area (TPSA) is 67.4 Å². The molecule has 1 saturated heterocycles. The van der Waals surface area contributed by atoms with Crippen molar-refractivity contribution in [2.45, 2.75) is 31.8 Å². The van der Waals surface area contributed by atoms with Gasteiger partial charge in [0.15, 0.2) is 0 Å². The lowest BCUT2D eigenvalue weighted by molar-refractivity contribution is -0.121. The van der Waals surface area contributed by atoms with Gasteiger partial charge in [0.25, 0.3) is 5.91 Å². The second kappa shape index (κ2) is 8.48. The van der Waals surface area contributed by atoms with Gasteiger partial charge in [-0.25, -0.2) is 4.39 Å². The van der Waals surface area contributed by atoms with Crippen molar-refractivity contribution in [2.75, 3.05) is 19.7 Å². The number of ether oxygens (including phenoxy) is 1. The van der Waals surface area contributed by atoms with Crippen molar-refractivity contribution in [2.24, 2.45) is 0 Å². The van der Waals surface area contributed by atoms with Gasteiger partial charge in [0, 0.05) is 31.7 Å². The van der Waals surface area contributed by atoms with Crippen LogP contribution in [0.4, 0.5) is 4.39 Å². The molecule has 0 unspecified atom stereocenters. The predicted molar refractivity (Wildman–Crippen MR) is 80.0 cm³/mol. The van der Waals surface area contributed by atoms with Crippen LogP contribution in [0.25, 0.3) is 0 Å². The first kappa shape index (κ1) is 16.4. The van der Waals surface area contributed by atoms with Crippen molar-refractivity contribution in [3.05, 3.63) is 35.6 Å². The largest absolute Gasteiger partial charge is 0.376 e. The molecule has 2 amide bonds. The maximum atomic E-state index is 12.8. The Morgan fingerprint density at radius 3 is 2.64 bits per heavy atom. The summed E-state index contributed by atoms with van der Waals surface area (Å²) in [4.78, 5) is 23.4. The van der Waals surface area contributed by atoms with E-state index in [1.807, 2.05) is 0 Å². The quantitative estimate of drug-likeness (QED) is 0.839. The van der Waals surface area contributed by atoms with E-state index >= 15 is 0 Å². The van der Waals surface area contributed by atoms with Gasteiger partial charge in [0.2, 0.25) is 5.91 Å². The van der Waals surface area contributed by atoms with Crippen LogP contribution in [-0.2, 0) is 9.53 Å². The van der Waals surface area contributed by atoms with Crippen molar-refractivity contribution in [1.82, 2.24) is 10.6 Å². The Labute approximate surface area is 129 Å². The summed E-state index contributed by atoms with van der Waals surface area (Å²) in [6.07, 6.45) is 3.50. The normalized spacial score (nSPS) is 17.8. The number of nitrogens with one attached hydrogen (secondary N) is 2. The van der Waals surface area contributed by atoms with Crippen LogP contribution in [0.1, 0.15) is 36.0 Å². The number of carbonyl (C=O) groups is 2. The second-order valence-electron chi connectivity index (χ2n) is 5.31. The molecule has 0 radical (unpaired) electrons. The molecule has 1 heterocycles. The summed E-state index contributed by atoms with van der Waals surface area (Å²) in [5, 5.41) is 5.44. The lowest BCUT2D eigenvalue weighted by atomic mass is 10.1. The molecule has 120 valence electrons. The maximum absolute atomic E-state index is 12.8. The van der Waals surface area contributed by atoms with Crippen molar-refractivity contribution in [3.8, 4) is 0 Å². The summed E-state index contributed by atoms with van der Waals surface area (Å²) in [5.41, 5.74) is 0.373. The molecule has 1 fully saturated rings. The van der Waals surface area contributed by atoms with Gasteiger partial charge < -0.3 is 15.4 Å². The van der Waals surface area contributed by atoms with Crippen LogP contribution in [-0.4, -0.2) is 37.6 Å². The molecule has 1 aliphatic heterocycles. The van der Waals surface area contributed by atoms with E-state index in [2.05, 4.69) is 10.6 Å². The molecule has 0 spiro atoms. The van der Waals surface area contributed by atoms with E-state index in [4.69, 9.17) is 4.74 Å². The van der Waals surface area contributed by atoms with Gasteiger partial charge >= 0.3 is 0 Å². The molecule has 2 rings (SSSR count). The van der Waals surface area contributed by atoms with Crippen molar-refractivity contribution < 1.29 is 18.7 Å². The van der Waals surface area contributed by atoms with Gasteiger partial charge in [-0.05, 0) is 43.5 Å². The third-order valence-electron chi connectivity index (χ3n) is 3.54. The van der Waals surface area contributed by atoms with Gasteiger partial charge in [0.1, 0.15) is 5.82 Å². The average molecular weight is 308 g/mol. The smallest absolute Gasteiger partial charge is 0.251 e. The fraction of sp³-hybridized carbons (Fsp3) is 0.500. The molecule has 6 heteroatoms. The molecule has 2 N–H and O–H groups in total. The number of hydrogen-bond donors (Lipinski definition) is 2. The van der Waals surface area contributed by atoms with Crippen LogP contribution in [0.2, 0.25) is 0 Å². The zero-order valence-corrected chi connectivity index (χ0v) is 12.4. The summed E-state index contributed by atoms with van der Waals surface area (Å²) in [7, 11) is 0. The Kier molecular flexibility index (Phi) is 6.33. The first-order valence-electron chi connectivity index (χ1n) is 7.57. The maximum Gasteiger partial charge on any atom is 0.251 e. The van der Waals surface area contributed by atoms with E-state index in [0.29, 0.717) is 12.1 Å². The van der Waals surface area contributed by atoms with Crippen LogP contribution in [0.3, 0.4) is 0 Å². The highest BCUT2D eigenvalue weighted by Gasteiger charge is 2.14. The van der Waals surface area contributed by atoms with E-state index in [9.17, 15) is 14.0 Å². The number of hydrogen-bond acceptors (Lipinski definition) is 3. The first-order chi connectivity index (χ1) is 10.6. The Morgan fingerprint density at radius 2 is 1.95 bits per heavy atom. The number of halogens is 1. The number of carbonyl (C=O) groups excluding carboxylic acids is 2. The van der Waals surface area contributed by atoms with E-state index < -0.39 is 0 Å². The molecule has 5 nitrogen and oxygen atoms in total. The molecule has 1 aromatic carbocycles. The second-order valence-corrected chi connectivity index (χ2v) is 5.31. The summed E-state index contributed by atoms with van der Waals surface area (Å²) in [5.74, 6) is -0.821. The molecule has 1 atom stereocenters. The van der Waals surface area contributed by atoms with E-state index in [1.165, 1.54) is 24.3 Å². The first-order valence-corrected chi connectivity index (χ1v) is 7.57. The van der Waals surface area contributed by atoms with E-state index in [1.54, 1.807) is 0 Å². The van der Waals surface area contributed by atoms with Crippen LogP contribution < -0.4 is 10.6 Å². The molecule has 1 aromatic rings. The fourth-order valence-electron chi connectivity index (χ4n) is 2.28. The van der Waals surface area contributed by atoms with Gasteiger partial charge in [-0.3, -0.25) is 9.59 Å². The molecule has 1 aliphatic rings. The van der Waals surface area contributed by atoms with Gasteiger partial charge in [-0.15, -0.1) is 0 Å². The third kappa shape index (κ3) is 5.44. The molecular formula is C16H21FN2O3. The minimum absolute atomic E-state index is 0.103. The third-order valence-corrected chi connectivity index (χ3v) is 3.54.